The van der Waals surface area contributed by atoms with Crippen molar-refractivity contribution >= 4 is 0 Å². The standard InChI is InChI=1S/C26H36N2O6/c1-26(2)18(11-19-13-20(9-10-29)34-27-19)12-25(26)28(14-21-5-7-23(32-21)16-30-3)15-22-6-8-24(33-22)17-31-4/h5-8,13,18,25,29H,9-12,14-17H2,1-4H3/t18-,25+/m1/s1. The molecule has 1 aliphatic carbocycles. The van der Waals surface area contributed by atoms with Crippen LogP contribution in [0.15, 0.2) is 43.7 Å². The second-order valence-electron chi connectivity index (χ2n) is 9.74. The van der Waals surface area contributed by atoms with Gasteiger partial charge in [-0.3, -0.25) is 4.90 Å². The average Bonchev–Trinajstić information content (AvgIpc) is 3.54. The van der Waals surface area contributed by atoms with E-state index in [2.05, 4.69) is 23.9 Å². The molecule has 0 unspecified atom stereocenters. The molecule has 0 spiro atoms. The Labute approximate surface area is 200 Å². The lowest BCUT2D eigenvalue weighted by atomic mass is 9.56. The predicted octanol–water partition coefficient (Wildman–Crippen LogP) is 4.35. The molecule has 0 amide bonds. The van der Waals surface area contributed by atoms with Gasteiger partial charge in [-0.25, -0.2) is 0 Å². The van der Waals surface area contributed by atoms with Crippen molar-refractivity contribution in [3.05, 3.63) is 64.8 Å². The summed E-state index contributed by atoms with van der Waals surface area (Å²) in [6.45, 7) is 7.02. The van der Waals surface area contributed by atoms with Gasteiger partial charge < -0.3 is 27.9 Å². The summed E-state index contributed by atoms with van der Waals surface area (Å²) in [7, 11) is 3.34. The number of aromatic nitrogens is 1. The second-order valence-corrected chi connectivity index (χ2v) is 9.74. The number of aliphatic hydroxyl groups is 1. The summed E-state index contributed by atoms with van der Waals surface area (Å²) >= 11 is 0. The van der Waals surface area contributed by atoms with Gasteiger partial charge in [-0.2, -0.15) is 0 Å². The van der Waals surface area contributed by atoms with E-state index in [9.17, 15) is 0 Å². The molecule has 0 bridgehead atoms. The molecule has 1 aliphatic rings. The Balaban J connectivity index is 1.47. The van der Waals surface area contributed by atoms with Crippen LogP contribution in [0.25, 0.3) is 0 Å². The molecular formula is C26H36N2O6. The molecule has 0 aliphatic heterocycles. The first-order valence-corrected chi connectivity index (χ1v) is 11.8. The van der Waals surface area contributed by atoms with E-state index < -0.39 is 0 Å². The Hall–Kier alpha value is -2.39. The van der Waals surface area contributed by atoms with E-state index >= 15 is 0 Å². The van der Waals surface area contributed by atoms with Crippen LogP contribution in [-0.4, -0.2) is 42.0 Å². The number of hydrogen-bond acceptors (Lipinski definition) is 8. The fourth-order valence-electron chi connectivity index (χ4n) is 5.02. The number of aliphatic hydroxyl groups excluding tert-OH is 1. The molecule has 1 saturated carbocycles. The molecule has 186 valence electrons. The van der Waals surface area contributed by atoms with Crippen LogP contribution in [-0.2, 0) is 48.6 Å². The number of ether oxygens (including phenoxy) is 2. The molecule has 3 aromatic heterocycles. The molecular weight excluding hydrogens is 436 g/mol. The molecule has 2 atom stereocenters. The first-order chi connectivity index (χ1) is 16.4. The van der Waals surface area contributed by atoms with Gasteiger partial charge in [0.15, 0.2) is 0 Å². The maximum atomic E-state index is 9.13. The molecule has 1 N–H and O–H groups in total. The topological polar surface area (TPSA) is 94.2 Å². The van der Waals surface area contributed by atoms with E-state index in [-0.39, 0.29) is 12.0 Å². The molecule has 8 nitrogen and oxygen atoms in total. The summed E-state index contributed by atoms with van der Waals surface area (Å²) in [5.41, 5.74) is 1.03. The molecule has 8 heteroatoms. The van der Waals surface area contributed by atoms with E-state index in [4.69, 9.17) is 27.9 Å². The van der Waals surface area contributed by atoms with E-state index in [1.165, 1.54) is 0 Å². The number of rotatable bonds is 13. The molecule has 1 fully saturated rings. The largest absolute Gasteiger partial charge is 0.462 e. The maximum Gasteiger partial charge on any atom is 0.139 e. The Morgan fingerprint density at radius 3 is 2.09 bits per heavy atom. The van der Waals surface area contributed by atoms with Gasteiger partial charge >= 0.3 is 0 Å². The fraction of sp³-hybridized carbons (Fsp3) is 0.577. The van der Waals surface area contributed by atoms with Crippen LogP contribution >= 0.6 is 0 Å². The lowest BCUT2D eigenvalue weighted by molar-refractivity contribution is -0.0754. The van der Waals surface area contributed by atoms with Crippen molar-refractivity contribution in [3.63, 3.8) is 0 Å². The van der Waals surface area contributed by atoms with Crippen molar-refractivity contribution in [1.82, 2.24) is 10.1 Å². The monoisotopic (exact) mass is 472 g/mol. The number of methoxy groups -OCH3 is 2. The minimum atomic E-state index is 0.0678. The second kappa shape index (κ2) is 10.9. The van der Waals surface area contributed by atoms with Crippen LogP contribution in [0.2, 0.25) is 0 Å². The fourth-order valence-corrected chi connectivity index (χ4v) is 5.02. The highest BCUT2D eigenvalue weighted by Gasteiger charge is 2.50. The van der Waals surface area contributed by atoms with E-state index in [0.717, 1.165) is 47.3 Å². The smallest absolute Gasteiger partial charge is 0.139 e. The molecule has 0 radical (unpaired) electrons. The SMILES string of the molecule is COCc1ccc(CN(Cc2ccc(COC)o2)[C@H]2C[C@@H](Cc3cc(CCO)on3)C2(C)C)o1. The highest BCUT2D eigenvalue weighted by molar-refractivity contribution is 5.14. The first kappa shape index (κ1) is 24.7. The number of nitrogens with zero attached hydrogens (tertiary/aromatic N) is 2. The van der Waals surface area contributed by atoms with Crippen molar-refractivity contribution < 1.29 is 27.9 Å². The van der Waals surface area contributed by atoms with Gasteiger partial charge in [0, 0.05) is 32.7 Å². The molecule has 0 aromatic carbocycles. The van der Waals surface area contributed by atoms with Gasteiger partial charge in [-0.05, 0) is 48.4 Å². The van der Waals surface area contributed by atoms with Crippen LogP contribution in [0, 0.1) is 11.3 Å². The zero-order valence-corrected chi connectivity index (χ0v) is 20.6. The van der Waals surface area contributed by atoms with Crippen LogP contribution in [0.4, 0.5) is 0 Å². The summed E-state index contributed by atoms with van der Waals surface area (Å²) in [6, 6.07) is 10.3. The minimum absolute atomic E-state index is 0.0678. The van der Waals surface area contributed by atoms with Crippen LogP contribution in [0.5, 0.6) is 0 Å². The maximum absolute atomic E-state index is 9.13. The highest BCUT2D eigenvalue weighted by Crippen LogP contribution is 2.51. The van der Waals surface area contributed by atoms with E-state index in [1.54, 1.807) is 14.2 Å². The Bertz CT molecular complexity index is 989. The molecule has 3 heterocycles. The summed E-state index contributed by atoms with van der Waals surface area (Å²) < 4.78 is 27.8. The van der Waals surface area contributed by atoms with Gasteiger partial charge in [0.1, 0.15) is 42.0 Å². The van der Waals surface area contributed by atoms with E-state index in [1.807, 2.05) is 30.3 Å². The van der Waals surface area contributed by atoms with E-state index in [0.29, 0.717) is 44.7 Å². The third-order valence-electron chi connectivity index (χ3n) is 7.01. The molecule has 34 heavy (non-hydrogen) atoms. The summed E-state index contributed by atoms with van der Waals surface area (Å²) in [4.78, 5) is 2.45. The predicted molar refractivity (Wildman–Crippen MR) is 125 cm³/mol. The van der Waals surface area contributed by atoms with Gasteiger partial charge in [0.25, 0.3) is 0 Å². The third kappa shape index (κ3) is 5.63. The van der Waals surface area contributed by atoms with Crippen LogP contribution in [0.1, 0.15) is 54.8 Å². The van der Waals surface area contributed by atoms with Crippen LogP contribution < -0.4 is 0 Å². The Kier molecular flexibility index (Phi) is 7.93. The van der Waals surface area contributed by atoms with Crippen molar-refractivity contribution in [2.75, 3.05) is 20.8 Å². The summed E-state index contributed by atoms with van der Waals surface area (Å²) in [5.74, 6) is 4.71. The molecule has 4 rings (SSSR count). The van der Waals surface area contributed by atoms with Gasteiger partial charge in [-0.15, -0.1) is 0 Å². The lowest BCUT2D eigenvalue weighted by Gasteiger charge is -2.56. The van der Waals surface area contributed by atoms with Crippen molar-refractivity contribution in [1.29, 1.82) is 0 Å². The minimum Gasteiger partial charge on any atom is -0.462 e. The summed E-state index contributed by atoms with van der Waals surface area (Å²) in [5, 5.41) is 13.3. The zero-order valence-electron chi connectivity index (χ0n) is 20.6. The van der Waals surface area contributed by atoms with Gasteiger partial charge in [0.2, 0.25) is 0 Å². The quantitative estimate of drug-likeness (QED) is 0.392. The van der Waals surface area contributed by atoms with Crippen molar-refractivity contribution in [2.45, 2.75) is 65.5 Å². The molecule has 0 saturated heterocycles. The third-order valence-corrected chi connectivity index (χ3v) is 7.01. The Morgan fingerprint density at radius 1 is 0.971 bits per heavy atom. The van der Waals surface area contributed by atoms with Gasteiger partial charge in [-0.1, -0.05) is 19.0 Å². The van der Waals surface area contributed by atoms with Crippen LogP contribution in [0.3, 0.4) is 0 Å². The van der Waals surface area contributed by atoms with Gasteiger partial charge in [0.05, 0.1) is 25.4 Å². The normalized spacial score (nSPS) is 19.6. The zero-order chi connectivity index (χ0) is 24.1. The number of furan rings is 2. The lowest BCUT2D eigenvalue weighted by Crippen LogP contribution is -2.58. The Morgan fingerprint density at radius 2 is 1.56 bits per heavy atom. The average molecular weight is 473 g/mol. The number of hydrogen-bond donors (Lipinski definition) is 1. The first-order valence-electron chi connectivity index (χ1n) is 11.8. The van der Waals surface area contributed by atoms with Crippen molar-refractivity contribution in [2.24, 2.45) is 11.3 Å². The molecule has 3 aromatic rings. The highest BCUT2D eigenvalue weighted by atomic mass is 16.5. The van der Waals surface area contributed by atoms with Crippen molar-refractivity contribution in [3.8, 4) is 0 Å². The summed E-state index contributed by atoms with van der Waals surface area (Å²) in [6.07, 6.45) is 2.41.